The third kappa shape index (κ3) is 4.48. The van der Waals surface area contributed by atoms with Gasteiger partial charge in [-0.3, -0.25) is 0 Å². The fourth-order valence-corrected chi connectivity index (χ4v) is 1.82. The van der Waals surface area contributed by atoms with Crippen LogP contribution in [0.2, 0.25) is 0 Å². The monoisotopic (exact) mass is 193 g/mol. The van der Waals surface area contributed by atoms with Crippen molar-refractivity contribution < 1.29 is 13.5 Å². The maximum atomic E-state index is 10.9. The number of sulfonamides is 1. The molecule has 0 radical (unpaired) electrons. The van der Waals surface area contributed by atoms with Crippen LogP contribution in [-0.2, 0) is 10.0 Å². The minimum atomic E-state index is -3.51. The molecule has 0 saturated heterocycles. The first-order valence-corrected chi connectivity index (χ1v) is 5.36. The van der Waals surface area contributed by atoms with Gasteiger partial charge in [-0.05, 0) is 19.3 Å². The Morgan fingerprint density at radius 1 is 1.50 bits per heavy atom. The first-order chi connectivity index (χ1) is 5.52. The summed E-state index contributed by atoms with van der Waals surface area (Å²) in [5, 5.41) is 12.8. The summed E-state index contributed by atoms with van der Waals surface area (Å²) in [6, 6.07) is 0. The van der Waals surface area contributed by atoms with Crippen molar-refractivity contribution in [3.05, 3.63) is 12.7 Å². The van der Waals surface area contributed by atoms with Gasteiger partial charge in [-0.25, -0.2) is 13.6 Å². The van der Waals surface area contributed by atoms with E-state index in [0.717, 1.165) is 0 Å². The number of nitrogens with two attached hydrogens (primary N) is 1. The molecule has 0 aliphatic heterocycles. The van der Waals surface area contributed by atoms with E-state index in [0.29, 0.717) is 12.8 Å². The molecule has 0 rings (SSSR count). The lowest BCUT2D eigenvalue weighted by atomic mass is 10.2. The number of aliphatic hydroxyl groups excluding tert-OH is 1. The molecule has 0 heterocycles. The zero-order valence-corrected chi connectivity index (χ0v) is 7.76. The second kappa shape index (κ2) is 5.29. The van der Waals surface area contributed by atoms with Crippen LogP contribution in [0.25, 0.3) is 0 Å². The van der Waals surface area contributed by atoms with E-state index in [1.165, 1.54) is 0 Å². The normalized spacial score (nSPS) is 14.2. The average molecular weight is 193 g/mol. The predicted octanol–water partition coefficient (Wildman–Crippen LogP) is -0.00790. The summed E-state index contributed by atoms with van der Waals surface area (Å²) in [6.07, 6.45) is 2.87. The zero-order valence-electron chi connectivity index (χ0n) is 6.94. The van der Waals surface area contributed by atoms with Gasteiger partial charge in [0.25, 0.3) is 0 Å². The molecule has 4 nitrogen and oxygen atoms in total. The Labute approximate surface area is 73.1 Å². The first-order valence-electron chi connectivity index (χ1n) is 3.75. The van der Waals surface area contributed by atoms with Gasteiger partial charge >= 0.3 is 0 Å². The van der Waals surface area contributed by atoms with Crippen molar-refractivity contribution in [3.63, 3.8) is 0 Å². The Hall–Kier alpha value is -0.390. The highest BCUT2D eigenvalue weighted by molar-refractivity contribution is 7.89. The minimum Gasteiger partial charge on any atom is -0.396 e. The molecule has 0 aromatic rings. The van der Waals surface area contributed by atoms with E-state index in [2.05, 4.69) is 6.58 Å². The second-order valence-electron chi connectivity index (χ2n) is 2.59. The van der Waals surface area contributed by atoms with Crippen molar-refractivity contribution in [3.8, 4) is 0 Å². The molecular weight excluding hydrogens is 178 g/mol. The molecule has 0 aromatic carbocycles. The molecule has 0 saturated carbocycles. The molecular formula is C7H15NO3S. The van der Waals surface area contributed by atoms with Gasteiger partial charge in [0.2, 0.25) is 10.0 Å². The molecule has 0 aromatic heterocycles. The van der Waals surface area contributed by atoms with Crippen molar-refractivity contribution in [2.45, 2.75) is 24.5 Å². The highest BCUT2D eigenvalue weighted by atomic mass is 32.2. The van der Waals surface area contributed by atoms with E-state index in [1.807, 2.05) is 0 Å². The molecule has 12 heavy (non-hydrogen) atoms. The molecule has 0 bridgehead atoms. The molecule has 1 unspecified atom stereocenters. The van der Waals surface area contributed by atoms with Crippen LogP contribution in [0.5, 0.6) is 0 Å². The lowest BCUT2D eigenvalue weighted by molar-refractivity contribution is 0.283. The molecule has 0 amide bonds. The van der Waals surface area contributed by atoms with E-state index in [4.69, 9.17) is 10.2 Å². The molecule has 72 valence electrons. The predicted molar refractivity (Wildman–Crippen MR) is 48.0 cm³/mol. The van der Waals surface area contributed by atoms with Crippen LogP contribution >= 0.6 is 0 Å². The zero-order chi connectivity index (χ0) is 9.61. The summed E-state index contributed by atoms with van der Waals surface area (Å²) in [4.78, 5) is 0. The fourth-order valence-electron chi connectivity index (χ4n) is 0.921. The van der Waals surface area contributed by atoms with Gasteiger partial charge in [-0.2, -0.15) is 0 Å². The van der Waals surface area contributed by atoms with Crippen LogP contribution in [-0.4, -0.2) is 25.4 Å². The number of hydrogen-bond donors (Lipinski definition) is 2. The SMILES string of the molecule is C=CCCC(CCO)S(N)(=O)=O. The van der Waals surface area contributed by atoms with E-state index in [1.54, 1.807) is 6.08 Å². The van der Waals surface area contributed by atoms with Gasteiger partial charge in [0.1, 0.15) is 0 Å². The first kappa shape index (κ1) is 11.6. The minimum absolute atomic E-state index is 0.155. The van der Waals surface area contributed by atoms with E-state index >= 15 is 0 Å². The number of aliphatic hydroxyl groups is 1. The average Bonchev–Trinajstić information content (AvgIpc) is 1.95. The van der Waals surface area contributed by atoms with E-state index in [9.17, 15) is 8.42 Å². The third-order valence-electron chi connectivity index (χ3n) is 1.61. The Morgan fingerprint density at radius 2 is 2.08 bits per heavy atom. The number of hydrogen-bond acceptors (Lipinski definition) is 3. The molecule has 0 spiro atoms. The van der Waals surface area contributed by atoms with Crippen LogP contribution in [0, 0.1) is 0 Å². The summed E-state index contributed by atoms with van der Waals surface area (Å²) < 4.78 is 21.7. The maximum Gasteiger partial charge on any atom is 0.212 e. The lowest BCUT2D eigenvalue weighted by Crippen LogP contribution is -2.29. The van der Waals surface area contributed by atoms with Crippen LogP contribution in [0.1, 0.15) is 19.3 Å². The van der Waals surface area contributed by atoms with Crippen molar-refractivity contribution in [2.75, 3.05) is 6.61 Å². The number of primary sulfonamides is 1. The Bertz CT molecular complexity index is 223. The van der Waals surface area contributed by atoms with Gasteiger partial charge in [0.15, 0.2) is 0 Å². The Balaban J connectivity index is 4.13. The highest BCUT2D eigenvalue weighted by Crippen LogP contribution is 2.09. The molecule has 0 fully saturated rings. The summed E-state index contributed by atoms with van der Waals surface area (Å²) in [7, 11) is -3.51. The van der Waals surface area contributed by atoms with Crippen molar-refractivity contribution in [2.24, 2.45) is 5.14 Å². The number of rotatable bonds is 6. The molecule has 3 N–H and O–H groups in total. The maximum absolute atomic E-state index is 10.9. The van der Waals surface area contributed by atoms with Gasteiger partial charge in [0.05, 0.1) is 5.25 Å². The quantitative estimate of drug-likeness (QED) is 0.582. The van der Waals surface area contributed by atoms with Crippen LogP contribution in [0.3, 0.4) is 0 Å². The van der Waals surface area contributed by atoms with Gasteiger partial charge in [-0.1, -0.05) is 6.08 Å². The van der Waals surface area contributed by atoms with Crippen LogP contribution in [0.4, 0.5) is 0 Å². The molecule has 1 atom stereocenters. The summed E-state index contributed by atoms with van der Waals surface area (Å²) in [5.74, 6) is 0. The molecule has 0 aliphatic carbocycles. The largest absolute Gasteiger partial charge is 0.396 e. The summed E-state index contributed by atoms with van der Waals surface area (Å²) in [5.41, 5.74) is 0. The number of allylic oxidation sites excluding steroid dienone is 1. The lowest BCUT2D eigenvalue weighted by Gasteiger charge is -2.11. The molecule has 0 aliphatic rings. The van der Waals surface area contributed by atoms with Gasteiger partial charge < -0.3 is 5.11 Å². The molecule has 5 heteroatoms. The standard InChI is InChI=1S/C7H15NO3S/c1-2-3-4-7(5-6-9)12(8,10)11/h2,7,9H,1,3-6H2,(H2,8,10,11). The summed E-state index contributed by atoms with van der Waals surface area (Å²) in [6.45, 7) is 3.32. The van der Waals surface area contributed by atoms with Crippen LogP contribution in [0.15, 0.2) is 12.7 Å². The third-order valence-corrected chi connectivity index (χ3v) is 3.01. The van der Waals surface area contributed by atoms with Gasteiger partial charge in [0, 0.05) is 6.61 Å². The second-order valence-corrected chi connectivity index (χ2v) is 4.43. The van der Waals surface area contributed by atoms with E-state index in [-0.39, 0.29) is 13.0 Å². The van der Waals surface area contributed by atoms with Crippen molar-refractivity contribution in [1.82, 2.24) is 0 Å². The van der Waals surface area contributed by atoms with Crippen molar-refractivity contribution in [1.29, 1.82) is 0 Å². The van der Waals surface area contributed by atoms with Crippen LogP contribution < -0.4 is 5.14 Å². The fraction of sp³-hybridized carbons (Fsp3) is 0.714. The van der Waals surface area contributed by atoms with Gasteiger partial charge in [-0.15, -0.1) is 6.58 Å². The summed E-state index contributed by atoms with van der Waals surface area (Å²) >= 11 is 0. The smallest absolute Gasteiger partial charge is 0.212 e. The Kier molecular flexibility index (Phi) is 5.12. The highest BCUT2D eigenvalue weighted by Gasteiger charge is 2.19. The Morgan fingerprint density at radius 3 is 2.42 bits per heavy atom. The van der Waals surface area contributed by atoms with E-state index < -0.39 is 15.3 Å². The van der Waals surface area contributed by atoms with Crippen molar-refractivity contribution >= 4 is 10.0 Å². The topological polar surface area (TPSA) is 80.4 Å².